The van der Waals surface area contributed by atoms with Crippen molar-refractivity contribution in [1.29, 1.82) is 0 Å². The van der Waals surface area contributed by atoms with Gasteiger partial charge in [0.25, 0.3) is 0 Å². The van der Waals surface area contributed by atoms with Gasteiger partial charge in [-0.1, -0.05) is 12.1 Å². The maximum atomic E-state index is 4.58. The molecule has 1 N–H and O–H groups in total. The Morgan fingerprint density at radius 3 is 2.95 bits per heavy atom. The molecule has 4 heteroatoms. The largest absolute Gasteiger partial charge is 0.364 e. The van der Waals surface area contributed by atoms with Crippen molar-refractivity contribution in [3.63, 3.8) is 0 Å². The van der Waals surface area contributed by atoms with Crippen LogP contribution in [0.5, 0.6) is 0 Å². The van der Waals surface area contributed by atoms with Crippen LogP contribution >= 0.6 is 11.3 Å². The fourth-order valence-electron chi connectivity index (χ4n) is 2.70. The monoisotopic (exact) mass is 281 g/mol. The normalized spacial score (nSPS) is 13.6. The van der Waals surface area contributed by atoms with Crippen LogP contribution in [0.15, 0.2) is 36.5 Å². The Morgan fingerprint density at radius 2 is 2.05 bits per heavy atom. The maximum Gasteiger partial charge on any atom is 0.145 e. The molecule has 4 rings (SSSR count). The van der Waals surface area contributed by atoms with Crippen LogP contribution in [-0.4, -0.2) is 9.97 Å². The summed E-state index contributed by atoms with van der Waals surface area (Å²) in [6.45, 7) is 0.838. The summed E-state index contributed by atoms with van der Waals surface area (Å²) in [6, 6.07) is 10.3. The van der Waals surface area contributed by atoms with E-state index in [0.29, 0.717) is 0 Å². The highest BCUT2D eigenvalue weighted by Crippen LogP contribution is 2.30. The van der Waals surface area contributed by atoms with E-state index in [1.165, 1.54) is 24.1 Å². The van der Waals surface area contributed by atoms with E-state index in [4.69, 9.17) is 0 Å². The molecule has 3 aromatic rings. The number of rotatable bonds is 3. The van der Waals surface area contributed by atoms with Crippen LogP contribution in [0, 0.1) is 0 Å². The molecule has 0 bridgehead atoms. The van der Waals surface area contributed by atoms with E-state index in [2.05, 4.69) is 21.4 Å². The van der Waals surface area contributed by atoms with Gasteiger partial charge in [-0.3, -0.25) is 4.98 Å². The summed E-state index contributed by atoms with van der Waals surface area (Å²) >= 11 is 1.93. The highest BCUT2D eigenvalue weighted by molar-refractivity contribution is 7.12. The fraction of sp³-hybridized carbons (Fsp3) is 0.250. The average molecular weight is 281 g/mol. The van der Waals surface area contributed by atoms with Gasteiger partial charge in [0.15, 0.2) is 0 Å². The Labute approximate surface area is 121 Å². The van der Waals surface area contributed by atoms with E-state index in [0.717, 1.165) is 23.4 Å². The van der Waals surface area contributed by atoms with Crippen molar-refractivity contribution in [2.45, 2.75) is 25.8 Å². The Hall–Kier alpha value is -1.94. The second kappa shape index (κ2) is 4.87. The van der Waals surface area contributed by atoms with Crippen LogP contribution in [0.1, 0.15) is 21.7 Å². The molecule has 0 atom stereocenters. The van der Waals surface area contributed by atoms with Crippen molar-refractivity contribution in [3.05, 3.63) is 51.8 Å². The molecule has 2 heterocycles. The van der Waals surface area contributed by atoms with E-state index in [1.807, 2.05) is 41.8 Å². The van der Waals surface area contributed by atoms with Crippen LogP contribution in [-0.2, 0) is 19.4 Å². The molecule has 1 aliphatic carbocycles. The summed E-state index contributed by atoms with van der Waals surface area (Å²) in [5.74, 6) is 0.845. The average Bonchev–Trinajstić information content (AvgIpc) is 3.06. The molecule has 1 aliphatic rings. The first-order valence-corrected chi connectivity index (χ1v) is 7.76. The van der Waals surface area contributed by atoms with Gasteiger partial charge in [0, 0.05) is 9.75 Å². The summed E-state index contributed by atoms with van der Waals surface area (Å²) < 4.78 is 0. The van der Waals surface area contributed by atoms with Crippen LogP contribution in [0.25, 0.3) is 11.0 Å². The lowest BCUT2D eigenvalue weighted by Gasteiger charge is -2.04. The number of thiophene rings is 1. The standard InChI is InChI=1S/C16H15N3S/c1-2-6-14-13(5-1)17-10-16(19-14)18-9-12-8-11-4-3-7-15(11)20-12/h1-2,5-6,8,10H,3-4,7,9H2,(H,18,19). The number of nitrogens with zero attached hydrogens (tertiary/aromatic N) is 2. The first kappa shape index (κ1) is 11.9. The van der Waals surface area contributed by atoms with E-state index < -0.39 is 0 Å². The minimum atomic E-state index is 0.838. The smallest absolute Gasteiger partial charge is 0.145 e. The number of para-hydroxylation sites is 2. The molecule has 20 heavy (non-hydrogen) atoms. The van der Waals surface area contributed by atoms with E-state index in [-0.39, 0.29) is 0 Å². The van der Waals surface area contributed by atoms with Gasteiger partial charge in [0.2, 0.25) is 0 Å². The van der Waals surface area contributed by atoms with Crippen LogP contribution in [0.2, 0.25) is 0 Å². The molecule has 0 fully saturated rings. The molecule has 0 radical (unpaired) electrons. The van der Waals surface area contributed by atoms with Gasteiger partial charge in [-0.2, -0.15) is 0 Å². The molecule has 0 unspecified atom stereocenters. The summed E-state index contributed by atoms with van der Waals surface area (Å²) in [5, 5.41) is 3.38. The summed E-state index contributed by atoms with van der Waals surface area (Å²) in [6.07, 6.45) is 5.64. The number of hydrogen-bond donors (Lipinski definition) is 1. The quantitative estimate of drug-likeness (QED) is 0.793. The van der Waals surface area contributed by atoms with Gasteiger partial charge in [-0.05, 0) is 43.0 Å². The topological polar surface area (TPSA) is 37.8 Å². The third-order valence-electron chi connectivity index (χ3n) is 3.69. The molecule has 2 aromatic heterocycles. The summed E-state index contributed by atoms with van der Waals surface area (Å²) in [5.41, 5.74) is 3.43. The second-order valence-electron chi connectivity index (χ2n) is 5.11. The highest BCUT2D eigenvalue weighted by atomic mass is 32.1. The van der Waals surface area contributed by atoms with Crippen LogP contribution in [0.3, 0.4) is 0 Å². The Balaban J connectivity index is 1.52. The number of anilines is 1. The predicted octanol–water partition coefficient (Wildman–Crippen LogP) is 3.79. The zero-order chi connectivity index (χ0) is 13.4. The molecule has 0 saturated heterocycles. The minimum absolute atomic E-state index is 0.838. The Morgan fingerprint density at radius 1 is 1.15 bits per heavy atom. The number of fused-ring (bicyclic) bond motifs is 2. The fourth-order valence-corrected chi connectivity index (χ4v) is 3.90. The maximum absolute atomic E-state index is 4.58. The predicted molar refractivity (Wildman–Crippen MR) is 83.2 cm³/mol. The number of aryl methyl sites for hydroxylation is 2. The van der Waals surface area contributed by atoms with Crippen molar-refractivity contribution in [3.8, 4) is 0 Å². The molecule has 3 nitrogen and oxygen atoms in total. The molecule has 0 saturated carbocycles. The third kappa shape index (κ3) is 2.16. The molecular formula is C16H15N3S. The van der Waals surface area contributed by atoms with Gasteiger partial charge in [-0.15, -0.1) is 11.3 Å². The van der Waals surface area contributed by atoms with E-state index in [1.54, 1.807) is 10.4 Å². The first-order chi connectivity index (χ1) is 9.88. The SMILES string of the molecule is c1ccc2nc(NCc3cc4c(s3)CCC4)cnc2c1. The number of nitrogens with one attached hydrogen (secondary N) is 1. The van der Waals surface area contributed by atoms with Crippen molar-refractivity contribution in [2.75, 3.05) is 5.32 Å². The molecular weight excluding hydrogens is 266 g/mol. The van der Waals surface area contributed by atoms with Crippen molar-refractivity contribution >= 4 is 28.2 Å². The van der Waals surface area contributed by atoms with E-state index in [9.17, 15) is 0 Å². The summed E-state index contributed by atoms with van der Waals surface area (Å²) in [4.78, 5) is 12.0. The Kier molecular flexibility index (Phi) is 2.89. The molecule has 1 aromatic carbocycles. The van der Waals surface area contributed by atoms with Gasteiger partial charge >= 0.3 is 0 Å². The van der Waals surface area contributed by atoms with Gasteiger partial charge < -0.3 is 5.32 Å². The lowest BCUT2D eigenvalue weighted by molar-refractivity contribution is 0.913. The third-order valence-corrected chi connectivity index (χ3v) is 4.93. The second-order valence-corrected chi connectivity index (χ2v) is 6.33. The Bertz CT molecular complexity index is 742. The van der Waals surface area contributed by atoms with Gasteiger partial charge in [0.05, 0.1) is 23.8 Å². The zero-order valence-corrected chi connectivity index (χ0v) is 11.9. The number of hydrogen-bond acceptors (Lipinski definition) is 4. The molecule has 0 amide bonds. The van der Waals surface area contributed by atoms with Crippen LogP contribution in [0.4, 0.5) is 5.82 Å². The van der Waals surface area contributed by atoms with Crippen molar-refractivity contribution < 1.29 is 0 Å². The summed E-state index contributed by atoms with van der Waals surface area (Å²) in [7, 11) is 0. The minimum Gasteiger partial charge on any atom is -0.364 e. The van der Waals surface area contributed by atoms with Crippen molar-refractivity contribution in [1.82, 2.24) is 9.97 Å². The number of benzene rings is 1. The molecule has 100 valence electrons. The van der Waals surface area contributed by atoms with Crippen molar-refractivity contribution in [2.24, 2.45) is 0 Å². The van der Waals surface area contributed by atoms with E-state index >= 15 is 0 Å². The lowest BCUT2D eigenvalue weighted by atomic mass is 10.2. The van der Waals surface area contributed by atoms with Gasteiger partial charge in [0.1, 0.15) is 5.82 Å². The first-order valence-electron chi connectivity index (χ1n) is 6.94. The molecule has 0 aliphatic heterocycles. The lowest BCUT2D eigenvalue weighted by Crippen LogP contribution is -2.00. The molecule has 0 spiro atoms. The zero-order valence-electron chi connectivity index (χ0n) is 11.1. The van der Waals surface area contributed by atoms with Gasteiger partial charge in [-0.25, -0.2) is 4.98 Å². The highest BCUT2D eigenvalue weighted by Gasteiger charge is 2.14. The van der Waals surface area contributed by atoms with Crippen LogP contribution < -0.4 is 5.32 Å². The number of aromatic nitrogens is 2.